The van der Waals surface area contributed by atoms with Crippen molar-refractivity contribution in [3.8, 4) is 11.4 Å². The molecule has 0 aromatic carbocycles. The van der Waals surface area contributed by atoms with Gasteiger partial charge in [0.25, 0.3) is 0 Å². The van der Waals surface area contributed by atoms with Gasteiger partial charge < -0.3 is 5.32 Å². The Bertz CT molecular complexity index is 570. The Morgan fingerprint density at radius 3 is 2.45 bits per heavy atom. The minimum absolute atomic E-state index is 0.812. The summed E-state index contributed by atoms with van der Waals surface area (Å²) < 4.78 is 0. The van der Waals surface area contributed by atoms with Crippen molar-refractivity contribution in [3.05, 3.63) is 41.0 Å². The summed E-state index contributed by atoms with van der Waals surface area (Å²) in [6.07, 6.45) is 5.60. The quantitative estimate of drug-likeness (QED) is 0.907. The molecule has 0 saturated heterocycles. The number of aryl methyl sites for hydroxylation is 3. The molecule has 0 spiro atoms. The van der Waals surface area contributed by atoms with Crippen molar-refractivity contribution in [1.82, 2.24) is 20.3 Å². The van der Waals surface area contributed by atoms with E-state index >= 15 is 0 Å². The normalized spacial score (nSPS) is 10.8. The number of rotatable bonds is 5. The molecule has 2 aromatic rings. The van der Waals surface area contributed by atoms with Gasteiger partial charge in [-0.15, -0.1) is 0 Å². The Hall–Kier alpha value is -1.81. The largest absolute Gasteiger partial charge is 0.319 e. The van der Waals surface area contributed by atoms with E-state index in [1.54, 1.807) is 6.20 Å². The molecule has 0 radical (unpaired) electrons. The first-order valence-electron chi connectivity index (χ1n) is 7.09. The lowest BCUT2D eigenvalue weighted by Gasteiger charge is -2.12. The Labute approximate surface area is 120 Å². The Morgan fingerprint density at radius 2 is 1.85 bits per heavy atom. The van der Waals surface area contributed by atoms with Crippen LogP contribution in [0.5, 0.6) is 0 Å². The van der Waals surface area contributed by atoms with Crippen molar-refractivity contribution in [2.45, 2.75) is 33.6 Å². The molecule has 2 rings (SSSR count). The number of pyridine rings is 1. The van der Waals surface area contributed by atoms with Gasteiger partial charge in [0, 0.05) is 29.3 Å². The molecule has 0 bridgehead atoms. The monoisotopic (exact) mass is 270 g/mol. The molecule has 0 atom stereocenters. The van der Waals surface area contributed by atoms with Crippen LogP contribution in [0, 0.1) is 13.8 Å². The third-order valence-electron chi connectivity index (χ3n) is 3.57. The van der Waals surface area contributed by atoms with Gasteiger partial charge in [0.1, 0.15) is 0 Å². The molecular formula is C16H22N4. The highest BCUT2D eigenvalue weighted by Gasteiger charge is 2.12. The summed E-state index contributed by atoms with van der Waals surface area (Å²) in [6.45, 7) is 7.20. The van der Waals surface area contributed by atoms with Crippen LogP contribution in [-0.4, -0.2) is 28.5 Å². The van der Waals surface area contributed by atoms with Crippen LogP contribution >= 0.6 is 0 Å². The highest BCUT2D eigenvalue weighted by Crippen LogP contribution is 2.22. The lowest BCUT2D eigenvalue weighted by atomic mass is 10.1. The second kappa shape index (κ2) is 6.57. The molecule has 106 valence electrons. The summed E-state index contributed by atoms with van der Waals surface area (Å²) in [5.41, 5.74) is 5.67. The Morgan fingerprint density at radius 1 is 1.15 bits per heavy atom. The molecule has 0 unspecified atom stereocenters. The van der Waals surface area contributed by atoms with E-state index in [1.165, 1.54) is 11.1 Å². The number of hydrogen-bond donors (Lipinski definition) is 1. The zero-order chi connectivity index (χ0) is 14.5. The van der Waals surface area contributed by atoms with Gasteiger partial charge in [-0.3, -0.25) is 4.98 Å². The number of hydrogen-bond acceptors (Lipinski definition) is 4. The number of nitrogens with one attached hydrogen (secondary N) is 1. The van der Waals surface area contributed by atoms with Crippen molar-refractivity contribution in [3.63, 3.8) is 0 Å². The van der Waals surface area contributed by atoms with Gasteiger partial charge in [0.05, 0.1) is 0 Å². The van der Waals surface area contributed by atoms with Crippen LogP contribution in [0.1, 0.15) is 29.4 Å². The summed E-state index contributed by atoms with van der Waals surface area (Å²) in [5.74, 6) is 0.812. The molecule has 0 aliphatic carbocycles. The van der Waals surface area contributed by atoms with Crippen LogP contribution in [0.4, 0.5) is 0 Å². The Balaban J connectivity index is 2.44. The summed E-state index contributed by atoms with van der Waals surface area (Å²) in [7, 11) is 1.96. The molecule has 0 aliphatic heterocycles. The van der Waals surface area contributed by atoms with E-state index in [-0.39, 0.29) is 0 Å². The highest BCUT2D eigenvalue weighted by molar-refractivity contribution is 5.60. The topological polar surface area (TPSA) is 50.7 Å². The standard InChI is InChI=1S/C16H22N4/c1-5-13-10-18-9-7-15(13)16-19-11(2)14(6-8-17-4)12(3)20-16/h7,9-10,17H,5-6,8H2,1-4H3. The lowest BCUT2D eigenvalue weighted by Crippen LogP contribution is -2.13. The molecule has 2 heterocycles. The first kappa shape index (κ1) is 14.6. The number of nitrogens with zero attached hydrogens (tertiary/aromatic N) is 3. The van der Waals surface area contributed by atoms with Gasteiger partial charge in [-0.1, -0.05) is 6.92 Å². The van der Waals surface area contributed by atoms with Crippen LogP contribution in [0.2, 0.25) is 0 Å². The smallest absolute Gasteiger partial charge is 0.160 e. The highest BCUT2D eigenvalue weighted by atomic mass is 14.9. The molecule has 4 heteroatoms. The first-order valence-corrected chi connectivity index (χ1v) is 7.09. The van der Waals surface area contributed by atoms with E-state index in [1.807, 2.05) is 19.3 Å². The van der Waals surface area contributed by atoms with Gasteiger partial charge >= 0.3 is 0 Å². The molecular weight excluding hydrogens is 248 g/mol. The van der Waals surface area contributed by atoms with Gasteiger partial charge in [-0.25, -0.2) is 9.97 Å². The van der Waals surface area contributed by atoms with Gasteiger partial charge in [-0.05, 0) is 57.5 Å². The van der Waals surface area contributed by atoms with Crippen LogP contribution in [0.3, 0.4) is 0 Å². The second-order valence-electron chi connectivity index (χ2n) is 4.94. The average molecular weight is 270 g/mol. The molecule has 1 N–H and O–H groups in total. The predicted molar refractivity (Wildman–Crippen MR) is 81.7 cm³/mol. The minimum Gasteiger partial charge on any atom is -0.319 e. The molecule has 0 aliphatic rings. The van der Waals surface area contributed by atoms with Crippen molar-refractivity contribution in [2.75, 3.05) is 13.6 Å². The summed E-state index contributed by atoms with van der Waals surface area (Å²) in [4.78, 5) is 13.6. The fourth-order valence-electron chi connectivity index (χ4n) is 2.40. The van der Waals surface area contributed by atoms with E-state index in [0.717, 1.165) is 42.2 Å². The van der Waals surface area contributed by atoms with Crippen LogP contribution in [0.25, 0.3) is 11.4 Å². The van der Waals surface area contributed by atoms with E-state index in [9.17, 15) is 0 Å². The third kappa shape index (κ3) is 3.02. The fraction of sp³-hybridized carbons (Fsp3) is 0.438. The van der Waals surface area contributed by atoms with E-state index in [4.69, 9.17) is 9.97 Å². The van der Waals surface area contributed by atoms with Crippen molar-refractivity contribution < 1.29 is 0 Å². The summed E-state index contributed by atoms with van der Waals surface area (Å²) in [5, 5.41) is 3.17. The van der Waals surface area contributed by atoms with E-state index < -0.39 is 0 Å². The van der Waals surface area contributed by atoms with Gasteiger partial charge in [0.15, 0.2) is 5.82 Å². The zero-order valence-corrected chi connectivity index (χ0v) is 12.7. The maximum Gasteiger partial charge on any atom is 0.160 e. The molecule has 0 amide bonds. The number of aromatic nitrogens is 3. The Kier molecular flexibility index (Phi) is 4.79. The van der Waals surface area contributed by atoms with E-state index in [2.05, 4.69) is 31.1 Å². The van der Waals surface area contributed by atoms with Gasteiger partial charge in [0.2, 0.25) is 0 Å². The predicted octanol–water partition coefficient (Wildman–Crippen LogP) is 2.48. The zero-order valence-electron chi connectivity index (χ0n) is 12.7. The maximum atomic E-state index is 4.70. The summed E-state index contributed by atoms with van der Waals surface area (Å²) >= 11 is 0. The SMILES string of the molecule is CCc1cnccc1-c1nc(C)c(CCNC)c(C)n1. The molecule has 2 aromatic heterocycles. The molecule has 0 fully saturated rings. The van der Waals surface area contributed by atoms with E-state index in [0.29, 0.717) is 0 Å². The minimum atomic E-state index is 0.812. The van der Waals surface area contributed by atoms with Crippen LogP contribution in [0.15, 0.2) is 18.5 Å². The van der Waals surface area contributed by atoms with Crippen molar-refractivity contribution in [2.24, 2.45) is 0 Å². The molecule has 0 saturated carbocycles. The van der Waals surface area contributed by atoms with Crippen LogP contribution in [-0.2, 0) is 12.8 Å². The second-order valence-corrected chi connectivity index (χ2v) is 4.94. The van der Waals surface area contributed by atoms with Crippen molar-refractivity contribution >= 4 is 0 Å². The number of likely N-dealkylation sites (N-methyl/N-ethyl adjacent to an activating group) is 1. The van der Waals surface area contributed by atoms with Crippen LogP contribution < -0.4 is 5.32 Å². The first-order chi connectivity index (χ1) is 9.67. The fourth-order valence-corrected chi connectivity index (χ4v) is 2.40. The summed E-state index contributed by atoms with van der Waals surface area (Å²) in [6, 6.07) is 2.00. The molecule has 4 nitrogen and oxygen atoms in total. The van der Waals surface area contributed by atoms with Gasteiger partial charge in [-0.2, -0.15) is 0 Å². The lowest BCUT2D eigenvalue weighted by molar-refractivity contribution is 0.774. The maximum absolute atomic E-state index is 4.70. The average Bonchev–Trinajstić information content (AvgIpc) is 2.46. The molecule has 20 heavy (non-hydrogen) atoms. The van der Waals surface area contributed by atoms with Crippen molar-refractivity contribution in [1.29, 1.82) is 0 Å². The third-order valence-corrected chi connectivity index (χ3v) is 3.57.